The predicted molar refractivity (Wildman–Crippen MR) is 71.3 cm³/mol. The van der Waals surface area contributed by atoms with Gasteiger partial charge in [0.1, 0.15) is 0 Å². The Balaban J connectivity index is 1.69. The number of likely N-dealkylation sites (tertiary alicyclic amines) is 2. The van der Waals surface area contributed by atoms with Gasteiger partial charge in [0.05, 0.1) is 6.10 Å². The van der Waals surface area contributed by atoms with Crippen molar-refractivity contribution in [3.05, 3.63) is 0 Å². The third-order valence-corrected chi connectivity index (χ3v) is 4.34. The van der Waals surface area contributed by atoms with E-state index in [1.165, 1.54) is 0 Å². The lowest BCUT2D eigenvalue weighted by atomic mass is 9.95. The van der Waals surface area contributed by atoms with E-state index in [0.717, 1.165) is 64.3 Å². The van der Waals surface area contributed by atoms with Crippen molar-refractivity contribution in [2.75, 3.05) is 32.7 Å². The van der Waals surface area contributed by atoms with Gasteiger partial charge in [0.15, 0.2) is 0 Å². The minimum atomic E-state index is -0.0785. The zero-order chi connectivity index (χ0) is 13.0. The molecule has 0 atom stereocenters. The van der Waals surface area contributed by atoms with E-state index in [1.54, 1.807) is 0 Å². The standard InChI is InChI=1S/C14H26N2O2/c1-2-14(18)16-9-3-12(4-10-16)11-15-7-5-13(17)6-8-15/h12-13,17H,2-11H2,1H3. The molecule has 1 amide bonds. The minimum Gasteiger partial charge on any atom is -0.393 e. The van der Waals surface area contributed by atoms with Crippen LogP contribution in [-0.2, 0) is 4.79 Å². The Labute approximate surface area is 110 Å². The number of aliphatic hydroxyl groups is 1. The Morgan fingerprint density at radius 3 is 2.28 bits per heavy atom. The lowest BCUT2D eigenvalue weighted by Gasteiger charge is -2.36. The first-order valence-corrected chi connectivity index (χ1v) is 7.37. The highest BCUT2D eigenvalue weighted by atomic mass is 16.3. The zero-order valence-corrected chi connectivity index (χ0v) is 11.5. The maximum absolute atomic E-state index is 11.6. The number of hydrogen-bond acceptors (Lipinski definition) is 3. The highest BCUT2D eigenvalue weighted by Crippen LogP contribution is 2.21. The number of hydrogen-bond donors (Lipinski definition) is 1. The normalized spacial score (nSPS) is 24.4. The van der Waals surface area contributed by atoms with Gasteiger partial charge in [-0.05, 0) is 31.6 Å². The molecule has 1 N–H and O–H groups in total. The molecule has 2 saturated heterocycles. The minimum absolute atomic E-state index is 0.0785. The first-order valence-electron chi connectivity index (χ1n) is 7.37. The molecule has 4 nitrogen and oxygen atoms in total. The van der Waals surface area contributed by atoms with E-state index in [-0.39, 0.29) is 6.10 Å². The van der Waals surface area contributed by atoms with Crippen LogP contribution in [0.5, 0.6) is 0 Å². The van der Waals surface area contributed by atoms with Gasteiger partial charge < -0.3 is 14.9 Å². The van der Waals surface area contributed by atoms with Crippen LogP contribution in [0.25, 0.3) is 0 Å². The van der Waals surface area contributed by atoms with Crippen LogP contribution < -0.4 is 0 Å². The number of nitrogens with zero attached hydrogens (tertiary/aromatic N) is 2. The average molecular weight is 254 g/mol. The molecule has 104 valence electrons. The van der Waals surface area contributed by atoms with Gasteiger partial charge in [0.2, 0.25) is 5.91 Å². The first-order chi connectivity index (χ1) is 8.69. The molecule has 18 heavy (non-hydrogen) atoms. The van der Waals surface area contributed by atoms with Gasteiger partial charge in [-0.15, -0.1) is 0 Å². The summed E-state index contributed by atoms with van der Waals surface area (Å²) in [6.07, 6.45) is 4.69. The summed E-state index contributed by atoms with van der Waals surface area (Å²) in [4.78, 5) is 16.1. The summed E-state index contributed by atoms with van der Waals surface area (Å²) in [7, 11) is 0. The summed E-state index contributed by atoms with van der Waals surface area (Å²) in [5.74, 6) is 1.04. The summed E-state index contributed by atoms with van der Waals surface area (Å²) in [5, 5.41) is 9.48. The lowest BCUT2D eigenvalue weighted by Crippen LogP contribution is -2.43. The molecular weight excluding hydrogens is 228 g/mol. The molecule has 0 aromatic carbocycles. The molecule has 2 aliphatic heterocycles. The molecule has 0 spiro atoms. The molecule has 2 rings (SSSR count). The van der Waals surface area contributed by atoms with Gasteiger partial charge >= 0.3 is 0 Å². The van der Waals surface area contributed by atoms with Gasteiger partial charge in [0, 0.05) is 39.1 Å². The Morgan fingerprint density at radius 1 is 1.11 bits per heavy atom. The Morgan fingerprint density at radius 2 is 1.72 bits per heavy atom. The van der Waals surface area contributed by atoms with Gasteiger partial charge in [0.25, 0.3) is 0 Å². The van der Waals surface area contributed by atoms with E-state index in [9.17, 15) is 9.90 Å². The Bertz CT molecular complexity index is 267. The number of aliphatic hydroxyl groups excluding tert-OH is 1. The number of rotatable bonds is 3. The zero-order valence-electron chi connectivity index (χ0n) is 11.5. The second-order valence-electron chi connectivity index (χ2n) is 5.71. The molecule has 0 unspecified atom stereocenters. The maximum atomic E-state index is 11.6. The molecule has 0 saturated carbocycles. The van der Waals surface area contributed by atoms with E-state index in [0.29, 0.717) is 12.3 Å². The second-order valence-corrected chi connectivity index (χ2v) is 5.71. The first kappa shape index (κ1) is 13.8. The fourth-order valence-electron chi connectivity index (χ4n) is 3.06. The smallest absolute Gasteiger partial charge is 0.222 e. The summed E-state index contributed by atoms with van der Waals surface area (Å²) < 4.78 is 0. The van der Waals surface area contributed by atoms with Gasteiger partial charge in [-0.2, -0.15) is 0 Å². The van der Waals surface area contributed by atoms with E-state index < -0.39 is 0 Å². The highest BCUT2D eigenvalue weighted by Gasteiger charge is 2.25. The predicted octanol–water partition coefficient (Wildman–Crippen LogP) is 1.09. The molecule has 2 fully saturated rings. The average Bonchev–Trinajstić information content (AvgIpc) is 2.41. The summed E-state index contributed by atoms with van der Waals surface area (Å²) in [6.45, 7) is 7.04. The fraction of sp³-hybridized carbons (Fsp3) is 0.929. The molecule has 0 aliphatic carbocycles. The van der Waals surface area contributed by atoms with Crippen LogP contribution in [0.3, 0.4) is 0 Å². The summed E-state index contributed by atoms with van der Waals surface area (Å²) >= 11 is 0. The quantitative estimate of drug-likeness (QED) is 0.820. The molecule has 0 bridgehead atoms. The van der Waals surface area contributed by atoms with Crippen molar-refractivity contribution in [1.82, 2.24) is 9.80 Å². The molecular formula is C14H26N2O2. The van der Waals surface area contributed by atoms with Gasteiger partial charge in [-0.1, -0.05) is 6.92 Å². The number of amides is 1. The molecule has 0 radical (unpaired) electrons. The van der Waals surface area contributed by atoms with Crippen molar-refractivity contribution in [3.8, 4) is 0 Å². The lowest BCUT2D eigenvalue weighted by molar-refractivity contribution is -0.132. The van der Waals surface area contributed by atoms with Crippen LogP contribution in [0, 0.1) is 5.92 Å². The maximum Gasteiger partial charge on any atom is 0.222 e. The monoisotopic (exact) mass is 254 g/mol. The van der Waals surface area contributed by atoms with Crippen molar-refractivity contribution >= 4 is 5.91 Å². The van der Waals surface area contributed by atoms with Crippen LogP contribution in [0.1, 0.15) is 39.0 Å². The second kappa shape index (κ2) is 6.53. The molecule has 2 heterocycles. The van der Waals surface area contributed by atoms with Crippen LogP contribution in [0.4, 0.5) is 0 Å². The third kappa shape index (κ3) is 3.69. The third-order valence-electron chi connectivity index (χ3n) is 4.34. The van der Waals surface area contributed by atoms with E-state index in [4.69, 9.17) is 0 Å². The van der Waals surface area contributed by atoms with Crippen LogP contribution in [-0.4, -0.2) is 59.6 Å². The topological polar surface area (TPSA) is 43.8 Å². The van der Waals surface area contributed by atoms with Crippen LogP contribution in [0.15, 0.2) is 0 Å². The van der Waals surface area contributed by atoms with E-state index in [1.807, 2.05) is 11.8 Å². The van der Waals surface area contributed by atoms with E-state index >= 15 is 0 Å². The molecule has 0 aromatic rings. The summed E-state index contributed by atoms with van der Waals surface area (Å²) in [6, 6.07) is 0. The molecule has 4 heteroatoms. The van der Waals surface area contributed by atoms with Crippen molar-refractivity contribution in [3.63, 3.8) is 0 Å². The summed E-state index contributed by atoms with van der Waals surface area (Å²) in [5.41, 5.74) is 0. The van der Waals surface area contributed by atoms with Gasteiger partial charge in [-0.25, -0.2) is 0 Å². The number of carbonyl (C=O) groups excluding carboxylic acids is 1. The van der Waals surface area contributed by atoms with Crippen LogP contribution in [0.2, 0.25) is 0 Å². The SMILES string of the molecule is CCC(=O)N1CCC(CN2CCC(O)CC2)CC1. The van der Waals surface area contributed by atoms with Crippen LogP contribution >= 0.6 is 0 Å². The van der Waals surface area contributed by atoms with Crippen molar-refractivity contribution < 1.29 is 9.90 Å². The van der Waals surface area contributed by atoms with E-state index in [2.05, 4.69) is 4.90 Å². The number of carbonyl (C=O) groups is 1. The fourth-order valence-corrected chi connectivity index (χ4v) is 3.06. The largest absolute Gasteiger partial charge is 0.393 e. The van der Waals surface area contributed by atoms with Gasteiger partial charge in [-0.3, -0.25) is 4.79 Å². The van der Waals surface area contributed by atoms with Crippen molar-refractivity contribution in [1.29, 1.82) is 0 Å². The Hall–Kier alpha value is -0.610. The molecule has 2 aliphatic rings. The Kier molecular flexibility index (Phi) is 5.01. The molecule has 0 aromatic heterocycles. The van der Waals surface area contributed by atoms with Crippen molar-refractivity contribution in [2.24, 2.45) is 5.92 Å². The van der Waals surface area contributed by atoms with Crippen molar-refractivity contribution in [2.45, 2.75) is 45.1 Å². The highest BCUT2D eigenvalue weighted by molar-refractivity contribution is 5.75. The number of piperidine rings is 2.